The summed E-state index contributed by atoms with van der Waals surface area (Å²) in [5, 5.41) is 37.2. The summed E-state index contributed by atoms with van der Waals surface area (Å²) in [5.41, 5.74) is 0.688. The zero-order valence-electron chi connectivity index (χ0n) is 8.79. The zero-order valence-corrected chi connectivity index (χ0v) is 8.79. The summed E-state index contributed by atoms with van der Waals surface area (Å²) >= 11 is 0. The van der Waals surface area contributed by atoms with Gasteiger partial charge in [0, 0.05) is 5.56 Å². The van der Waals surface area contributed by atoms with E-state index in [4.69, 9.17) is 5.11 Å². The summed E-state index contributed by atoms with van der Waals surface area (Å²) in [6, 6.07) is 4.70. The van der Waals surface area contributed by atoms with Gasteiger partial charge in [-0.15, -0.1) is 0 Å². The molecule has 16 heavy (non-hydrogen) atoms. The molecule has 0 heterocycles. The van der Waals surface area contributed by atoms with Gasteiger partial charge in [0.2, 0.25) is 0 Å². The smallest absolute Gasteiger partial charge is 0.306 e. The number of aliphatic hydroxyl groups is 2. The third-order valence-electron chi connectivity index (χ3n) is 2.34. The first-order valence-corrected chi connectivity index (χ1v) is 4.80. The highest BCUT2D eigenvalue weighted by molar-refractivity contribution is 5.67. The highest BCUT2D eigenvalue weighted by atomic mass is 16.4. The Balaban J connectivity index is 2.91. The number of rotatable bonds is 4. The number of carboxylic acid groups (broad SMARTS) is 1. The number of benzene rings is 1. The molecule has 0 fully saturated rings. The first-order chi connectivity index (χ1) is 7.43. The highest BCUT2D eigenvalue weighted by Gasteiger charge is 2.23. The predicted molar refractivity (Wildman–Crippen MR) is 56.1 cm³/mol. The van der Waals surface area contributed by atoms with Crippen LogP contribution in [-0.4, -0.2) is 32.5 Å². The Morgan fingerprint density at radius 3 is 2.56 bits per heavy atom. The number of carboxylic acids is 1. The number of hydrogen-bond donors (Lipinski definition) is 4. The summed E-state index contributed by atoms with van der Waals surface area (Å²) in [4.78, 5) is 10.4. The standard InChI is InChI=1S/C11H14O5/c1-6-3-2-4-7(10(6)15)11(16)8(12)5-9(13)14/h2-4,8,11-12,15-16H,5H2,1H3,(H,13,14). The maximum Gasteiger partial charge on any atom is 0.306 e. The molecule has 1 aromatic carbocycles. The first kappa shape index (κ1) is 12.5. The van der Waals surface area contributed by atoms with Crippen LogP contribution >= 0.6 is 0 Å². The molecular weight excluding hydrogens is 212 g/mol. The number of phenols is 1. The summed E-state index contributed by atoms with van der Waals surface area (Å²) < 4.78 is 0. The van der Waals surface area contributed by atoms with Crippen LogP contribution in [0.4, 0.5) is 0 Å². The fourth-order valence-electron chi connectivity index (χ4n) is 1.42. The number of aliphatic carboxylic acids is 1. The molecule has 1 rings (SSSR count). The topological polar surface area (TPSA) is 98.0 Å². The molecule has 0 spiro atoms. The molecule has 2 unspecified atom stereocenters. The molecule has 0 amide bonds. The normalized spacial score (nSPS) is 14.4. The molecule has 0 aliphatic heterocycles. The molecule has 4 N–H and O–H groups in total. The molecule has 0 saturated heterocycles. The quantitative estimate of drug-likeness (QED) is 0.601. The third-order valence-corrected chi connectivity index (χ3v) is 2.34. The summed E-state index contributed by atoms with van der Waals surface area (Å²) in [5.74, 6) is -1.34. The van der Waals surface area contributed by atoms with Crippen LogP contribution in [0, 0.1) is 6.92 Å². The lowest BCUT2D eigenvalue weighted by molar-refractivity contribution is -0.141. The van der Waals surface area contributed by atoms with Crippen molar-refractivity contribution < 1.29 is 25.2 Å². The van der Waals surface area contributed by atoms with Gasteiger partial charge < -0.3 is 20.4 Å². The predicted octanol–water partition coefficient (Wildman–Crippen LogP) is 0.570. The molecule has 88 valence electrons. The average Bonchev–Trinajstić information content (AvgIpc) is 2.20. The van der Waals surface area contributed by atoms with Crippen LogP contribution in [0.5, 0.6) is 5.75 Å². The van der Waals surface area contributed by atoms with Gasteiger partial charge in [-0.25, -0.2) is 0 Å². The molecule has 1 aromatic rings. The number of phenolic OH excluding ortho intramolecular Hbond substituents is 1. The van der Waals surface area contributed by atoms with E-state index in [-0.39, 0.29) is 11.3 Å². The van der Waals surface area contributed by atoms with Crippen molar-refractivity contribution >= 4 is 5.97 Å². The minimum atomic E-state index is -1.44. The molecule has 0 radical (unpaired) electrons. The van der Waals surface area contributed by atoms with E-state index in [0.29, 0.717) is 5.56 Å². The number of aliphatic hydroxyl groups excluding tert-OH is 2. The SMILES string of the molecule is Cc1cccc(C(O)C(O)CC(=O)O)c1O. The van der Waals surface area contributed by atoms with Crippen LogP contribution in [-0.2, 0) is 4.79 Å². The Labute approximate surface area is 92.6 Å². The maximum absolute atomic E-state index is 10.4. The van der Waals surface area contributed by atoms with Gasteiger partial charge in [-0.05, 0) is 12.5 Å². The minimum absolute atomic E-state index is 0.126. The van der Waals surface area contributed by atoms with Gasteiger partial charge in [-0.1, -0.05) is 18.2 Å². The molecule has 5 nitrogen and oxygen atoms in total. The van der Waals surface area contributed by atoms with Crippen molar-refractivity contribution in [2.45, 2.75) is 25.6 Å². The Hall–Kier alpha value is -1.59. The van der Waals surface area contributed by atoms with Crippen LogP contribution in [0.1, 0.15) is 23.7 Å². The minimum Gasteiger partial charge on any atom is -0.507 e. The number of carbonyl (C=O) groups is 1. The van der Waals surface area contributed by atoms with E-state index in [9.17, 15) is 20.1 Å². The number of aryl methyl sites for hydroxylation is 1. The number of aromatic hydroxyl groups is 1. The molecule has 2 atom stereocenters. The summed E-state index contributed by atoms with van der Waals surface area (Å²) in [6.07, 6.45) is -3.42. The summed E-state index contributed by atoms with van der Waals surface area (Å²) in [6.45, 7) is 1.65. The van der Waals surface area contributed by atoms with Gasteiger partial charge in [0.25, 0.3) is 0 Å². The lowest BCUT2D eigenvalue weighted by atomic mass is 9.99. The van der Waals surface area contributed by atoms with Crippen LogP contribution in [0.3, 0.4) is 0 Å². The maximum atomic E-state index is 10.4. The molecule has 0 aliphatic carbocycles. The van der Waals surface area contributed by atoms with E-state index in [1.807, 2.05) is 0 Å². The molecule has 0 bridgehead atoms. The van der Waals surface area contributed by atoms with E-state index >= 15 is 0 Å². The Kier molecular flexibility index (Phi) is 3.87. The fraction of sp³-hybridized carbons (Fsp3) is 0.364. The largest absolute Gasteiger partial charge is 0.507 e. The van der Waals surface area contributed by atoms with Crippen LogP contribution < -0.4 is 0 Å². The zero-order chi connectivity index (χ0) is 12.3. The van der Waals surface area contributed by atoms with E-state index < -0.39 is 24.6 Å². The molecule has 0 saturated carbocycles. The third kappa shape index (κ3) is 2.71. The number of para-hydroxylation sites is 1. The lowest BCUT2D eigenvalue weighted by Gasteiger charge is -2.18. The summed E-state index contributed by atoms with van der Waals surface area (Å²) in [7, 11) is 0. The Morgan fingerprint density at radius 1 is 1.38 bits per heavy atom. The van der Waals surface area contributed by atoms with Crippen molar-refractivity contribution in [1.29, 1.82) is 0 Å². The number of hydrogen-bond acceptors (Lipinski definition) is 4. The second-order valence-corrected chi connectivity index (χ2v) is 3.62. The van der Waals surface area contributed by atoms with E-state index in [0.717, 1.165) is 0 Å². The van der Waals surface area contributed by atoms with Crippen LogP contribution in [0.2, 0.25) is 0 Å². The molecular formula is C11H14O5. The van der Waals surface area contributed by atoms with Crippen molar-refractivity contribution in [2.24, 2.45) is 0 Å². The first-order valence-electron chi connectivity index (χ1n) is 4.80. The second kappa shape index (κ2) is 4.96. The van der Waals surface area contributed by atoms with Crippen LogP contribution in [0.25, 0.3) is 0 Å². The fourth-order valence-corrected chi connectivity index (χ4v) is 1.42. The van der Waals surface area contributed by atoms with Crippen molar-refractivity contribution in [2.75, 3.05) is 0 Å². The molecule has 5 heteroatoms. The Bertz CT molecular complexity index is 388. The molecule has 0 aromatic heterocycles. The lowest BCUT2D eigenvalue weighted by Crippen LogP contribution is -2.21. The van der Waals surface area contributed by atoms with Gasteiger partial charge in [-0.3, -0.25) is 4.79 Å². The van der Waals surface area contributed by atoms with Crippen molar-refractivity contribution in [3.8, 4) is 5.75 Å². The Morgan fingerprint density at radius 2 is 2.00 bits per heavy atom. The van der Waals surface area contributed by atoms with E-state index in [2.05, 4.69) is 0 Å². The van der Waals surface area contributed by atoms with Crippen molar-refractivity contribution in [1.82, 2.24) is 0 Å². The monoisotopic (exact) mass is 226 g/mol. The van der Waals surface area contributed by atoms with Crippen LogP contribution in [0.15, 0.2) is 18.2 Å². The van der Waals surface area contributed by atoms with Crippen molar-refractivity contribution in [3.05, 3.63) is 29.3 Å². The average molecular weight is 226 g/mol. The second-order valence-electron chi connectivity index (χ2n) is 3.62. The van der Waals surface area contributed by atoms with Gasteiger partial charge in [0.05, 0.1) is 12.5 Å². The van der Waals surface area contributed by atoms with Gasteiger partial charge in [0.15, 0.2) is 0 Å². The van der Waals surface area contributed by atoms with E-state index in [1.165, 1.54) is 6.07 Å². The van der Waals surface area contributed by atoms with Gasteiger partial charge in [0.1, 0.15) is 11.9 Å². The molecule has 0 aliphatic rings. The van der Waals surface area contributed by atoms with E-state index in [1.54, 1.807) is 19.1 Å². The van der Waals surface area contributed by atoms with Gasteiger partial charge >= 0.3 is 5.97 Å². The van der Waals surface area contributed by atoms with Gasteiger partial charge in [-0.2, -0.15) is 0 Å². The van der Waals surface area contributed by atoms with Crippen molar-refractivity contribution in [3.63, 3.8) is 0 Å². The highest BCUT2D eigenvalue weighted by Crippen LogP contribution is 2.29.